The van der Waals surface area contributed by atoms with E-state index >= 15 is 0 Å². The summed E-state index contributed by atoms with van der Waals surface area (Å²) < 4.78 is 10.3. The van der Waals surface area contributed by atoms with Gasteiger partial charge in [-0.2, -0.15) is 0 Å². The van der Waals surface area contributed by atoms with Gasteiger partial charge in [-0.05, 0) is 56.2 Å². The number of aryl methyl sites for hydroxylation is 1. The molecule has 2 aromatic carbocycles. The molecule has 1 atom stereocenters. The molecule has 0 radical (unpaired) electrons. The van der Waals surface area contributed by atoms with E-state index in [0.717, 1.165) is 30.7 Å². The smallest absolute Gasteiger partial charge is 0.337 e. The van der Waals surface area contributed by atoms with E-state index in [1.807, 2.05) is 31.2 Å². The molecule has 1 aliphatic rings. The minimum Gasteiger partial charge on any atom is -0.465 e. The van der Waals surface area contributed by atoms with Gasteiger partial charge >= 0.3 is 5.97 Å². The van der Waals surface area contributed by atoms with Crippen molar-refractivity contribution in [2.75, 3.05) is 25.6 Å². The second-order valence-corrected chi connectivity index (χ2v) is 6.84. The number of guanidine groups is 1. The number of esters is 1. The number of carbonyl (C=O) groups is 2. The highest BCUT2D eigenvalue weighted by molar-refractivity contribution is 6.10. The third kappa shape index (κ3) is 5.89. The van der Waals surface area contributed by atoms with E-state index in [0.29, 0.717) is 23.6 Å². The first kappa shape index (κ1) is 20.5. The first-order valence-electron chi connectivity index (χ1n) is 9.54. The van der Waals surface area contributed by atoms with Crippen LogP contribution in [-0.2, 0) is 9.47 Å². The molecule has 7 nitrogen and oxygen atoms in total. The first-order valence-corrected chi connectivity index (χ1v) is 9.54. The lowest BCUT2D eigenvalue weighted by Gasteiger charge is -2.13. The number of ether oxygens (including phenoxy) is 2. The number of rotatable bonds is 5. The summed E-state index contributed by atoms with van der Waals surface area (Å²) in [5.41, 5.74) is 2.76. The number of aliphatic imine (C=N–C) groups is 1. The molecule has 1 amide bonds. The van der Waals surface area contributed by atoms with Gasteiger partial charge < -0.3 is 14.8 Å². The predicted octanol–water partition coefficient (Wildman–Crippen LogP) is 3.16. The Bertz CT molecular complexity index is 870. The van der Waals surface area contributed by atoms with Crippen molar-refractivity contribution in [2.24, 2.45) is 4.99 Å². The number of hydrogen-bond donors (Lipinski definition) is 2. The van der Waals surface area contributed by atoms with Crippen LogP contribution in [0.15, 0.2) is 53.5 Å². The Morgan fingerprint density at radius 3 is 2.41 bits per heavy atom. The zero-order valence-electron chi connectivity index (χ0n) is 16.6. The lowest BCUT2D eigenvalue weighted by atomic mass is 10.1. The van der Waals surface area contributed by atoms with Gasteiger partial charge in [-0.3, -0.25) is 10.1 Å². The highest BCUT2D eigenvalue weighted by Crippen LogP contribution is 2.13. The molecular formula is C22H25N3O4. The number of hydrogen-bond acceptors (Lipinski definition) is 5. The molecule has 3 rings (SSSR count). The van der Waals surface area contributed by atoms with Crippen LogP contribution in [-0.4, -0.2) is 44.2 Å². The summed E-state index contributed by atoms with van der Waals surface area (Å²) in [6, 6.07) is 14.1. The van der Waals surface area contributed by atoms with Crippen molar-refractivity contribution >= 4 is 23.5 Å². The molecule has 0 saturated carbocycles. The summed E-state index contributed by atoms with van der Waals surface area (Å²) in [6.07, 6.45) is 2.06. The van der Waals surface area contributed by atoms with E-state index in [2.05, 4.69) is 20.4 Å². The summed E-state index contributed by atoms with van der Waals surface area (Å²) in [7, 11) is 1.32. The van der Waals surface area contributed by atoms with Crippen LogP contribution in [0.3, 0.4) is 0 Å². The fourth-order valence-corrected chi connectivity index (χ4v) is 2.92. The molecule has 1 aliphatic heterocycles. The van der Waals surface area contributed by atoms with Crippen LogP contribution in [0.4, 0.5) is 5.69 Å². The van der Waals surface area contributed by atoms with Crippen molar-refractivity contribution in [3.8, 4) is 0 Å². The maximum atomic E-state index is 12.7. The highest BCUT2D eigenvalue weighted by Gasteiger charge is 2.16. The maximum Gasteiger partial charge on any atom is 0.337 e. The summed E-state index contributed by atoms with van der Waals surface area (Å²) in [5.74, 6) is -0.421. The van der Waals surface area contributed by atoms with Crippen molar-refractivity contribution < 1.29 is 19.1 Å². The van der Waals surface area contributed by atoms with Crippen LogP contribution in [0.1, 0.15) is 39.1 Å². The molecule has 0 spiro atoms. The normalized spacial score (nSPS) is 16.3. The largest absolute Gasteiger partial charge is 0.465 e. The van der Waals surface area contributed by atoms with E-state index in [9.17, 15) is 9.59 Å². The molecule has 0 aromatic heterocycles. The van der Waals surface area contributed by atoms with Crippen molar-refractivity contribution in [1.82, 2.24) is 5.32 Å². The Labute approximate surface area is 170 Å². The number of nitrogens with zero attached hydrogens (tertiary/aromatic N) is 1. The van der Waals surface area contributed by atoms with Gasteiger partial charge in [-0.25, -0.2) is 9.79 Å². The first-order chi connectivity index (χ1) is 14.0. The third-order valence-corrected chi connectivity index (χ3v) is 4.59. The standard InChI is InChI=1S/C22H25N3O4/c1-15-5-11-18(12-6-15)24-22(23-14-19-4-3-13-29-19)25-20(26)16-7-9-17(10-8-16)21(27)28-2/h5-12,19H,3-4,13-14H2,1-2H3,(H2,23,24,25,26)/t19-/m1/s1. The topological polar surface area (TPSA) is 89.0 Å². The average molecular weight is 395 g/mol. The quantitative estimate of drug-likeness (QED) is 0.461. The SMILES string of the molecule is COC(=O)c1ccc(C(=O)NC(=NC[C@H]2CCCO2)Nc2ccc(C)cc2)cc1. The van der Waals surface area contributed by atoms with E-state index < -0.39 is 5.97 Å². The van der Waals surface area contributed by atoms with Crippen LogP contribution < -0.4 is 10.6 Å². The van der Waals surface area contributed by atoms with Gasteiger partial charge in [0.25, 0.3) is 5.91 Å². The van der Waals surface area contributed by atoms with Gasteiger partial charge in [0, 0.05) is 17.9 Å². The molecule has 1 saturated heterocycles. The molecule has 0 unspecified atom stereocenters. The minimum atomic E-state index is -0.447. The fraction of sp³-hybridized carbons (Fsp3) is 0.318. The molecular weight excluding hydrogens is 370 g/mol. The van der Waals surface area contributed by atoms with Crippen LogP contribution in [0, 0.1) is 6.92 Å². The van der Waals surface area contributed by atoms with E-state index in [1.54, 1.807) is 24.3 Å². The van der Waals surface area contributed by atoms with Gasteiger partial charge in [0.05, 0.1) is 25.3 Å². The molecule has 0 bridgehead atoms. The second kappa shape index (κ2) is 9.84. The van der Waals surface area contributed by atoms with Gasteiger partial charge in [0.15, 0.2) is 0 Å². The zero-order valence-corrected chi connectivity index (χ0v) is 16.6. The lowest BCUT2D eigenvalue weighted by molar-refractivity contribution is 0.0600. The van der Waals surface area contributed by atoms with Crippen molar-refractivity contribution in [2.45, 2.75) is 25.9 Å². The van der Waals surface area contributed by atoms with Gasteiger partial charge in [0.1, 0.15) is 0 Å². The monoisotopic (exact) mass is 395 g/mol. The molecule has 1 heterocycles. The minimum absolute atomic E-state index is 0.0704. The number of benzene rings is 2. The number of methoxy groups -OCH3 is 1. The Morgan fingerprint density at radius 2 is 1.79 bits per heavy atom. The summed E-state index contributed by atoms with van der Waals surface area (Å²) in [6.45, 7) is 3.23. The maximum absolute atomic E-state index is 12.7. The van der Waals surface area contributed by atoms with Gasteiger partial charge in [-0.15, -0.1) is 0 Å². The fourth-order valence-electron chi connectivity index (χ4n) is 2.92. The Hall–Kier alpha value is -3.19. The van der Waals surface area contributed by atoms with Crippen molar-refractivity contribution in [3.63, 3.8) is 0 Å². The lowest BCUT2D eigenvalue weighted by Crippen LogP contribution is -2.36. The predicted molar refractivity (Wildman–Crippen MR) is 111 cm³/mol. The number of carbonyl (C=O) groups excluding carboxylic acids is 2. The van der Waals surface area contributed by atoms with Gasteiger partial charge in [-0.1, -0.05) is 17.7 Å². The molecule has 29 heavy (non-hydrogen) atoms. The molecule has 2 aromatic rings. The third-order valence-electron chi connectivity index (χ3n) is 4.59. The second-order valence-electron chi connectivity index (χ2n) is 6.84. The van der Waals surface area contributed by atoms with Gasteiger partial charge in [0.2, 0.25) is 5.96 Å². The van der Waals surface area contributed by atoms with Crippen LogP contribution in [0.5, 0.6) is 0 Å². The zero-order chi connectivity index (χ0) is 20.6. The number of amides is 1. The molecule has 2 N–H and O–H groups in total. The van der Waals surface area contributed by atoms with Crippen LogP contribution in [0.2, 0.25) is 0 Å². The van der Waals surface area contributed by atoms with E-state index in [-0.39, 0.29) is 12.0 Å². The summed E-state index contributed by atoms with van der Waals surface area (Å²) in [4.78, 5) is 28.7. The Morgan fingerprint density at radius 1 is 1.10 bits per heavy atom. The van der Waals surface area contributed by atoms with Crippen molar-refractivity contribution in [3.05, 3.63) is 65.2 Å². The number of nitrogens with one attached hydrogen (secondary N) is 2. The number of anilines is 1. The van der Waals surface area contributed by atoms with E-state index in [4.69, 9.17) is 4.74 Å². The van der Waals surface area contributed by atoms with Crippen LogP contribution >= 0.6 is 0 Å². The van der Waals surface area contributed by atoms with Crippen LogP contribution in [0.25, 0.3) is 0 Å². The molecule has 0 aliphatic carbocycles. The summed E-state index contributed by atoms with van der Waals surface area (Å²) >= 11 is 0. The summed E-state index contributed by atoms with van der Waals surface area (Å²) in [5, 5.41) is 5.97. The highest BCUT2D eigenvalue weighted by atomic mass is 16.5. The van der Waals surface area contributed by atoms with E-state index in [1.165, 1.54) is 7.11 Å². The molecule has 7 heteroatoms. The van der Waals surface area contributed by atoms with Crippen molar-refractivity contribution in [1.29, 1.82) is 0 Å². The average Bonchev–Trinajstić information content (AvgIpc) is 3.27. The molecule has 152 valence electrons. The molecule has 1 fully saturated rings. The Kier molecular flexibility index (Phi) is 6.97. The Balaban J connectivity index is 1.72.